The van der Waals surface area contributed by atoms with E-state index in [9.17, 15) is 13.2 Å². The van der Waals surface area contributed by atoms with Gasteiger partial charge < -0.3 is 0 Å². The first-order valence-corrected chi connectivity index (χ1v) is 8.54. The Morgan fingerprint density at radius 3 is 2.15 bits per heavy atom. The normalized spacial score (nSPS) is 27.6. The third-order valence-corrected chi connectivity index (χ3v) is 6.34. The molecule has 2 aliphatic heterocycles. The molecule has 3 rings (SSSR count). The number of sulfonamides is 1. The second-order valence-corrected chi connectivity index (χ2v) is 7.68. The molecule has 1 aromatic rings. The second kappa shape index (κ2) is 4.97. The van der Waals surface area contributed by atoms with E-state index in [1.807, 2.05) is 19.1 Å². The molecule has 0 radical (unpaired) electrons. The smallest absolute Gasteiger partial charge is 0.243 e. The highest BCUT2D eigenvalue weighted by Crippen LogP contribution is 2.36. The van der Waals surface area contributed by atoms with E-state index in [-0.39, 0.29) is 17.9 Å². The zero-order valence-electron chi connectivity index (χ0n) is 11.6. The Balaban J connectivity index is 1.98. The monoisotopic (exact) mass is 293 g/mol. The largest absolute Gasteiger partial charge is 0.300 e. The lowest BCUT2D eigenvalue weighted by molar-refractivity contribution is -0.124. The Labute approximate surface area is 119 Å². The van der Waals surface area contributed by atoms with E-state index in [1.165, 1.54) is 0 Å². The molecule has 20 heavy (non-hydrogen) atoms. The quantitative estimate of drug-likeness (QED) is 0.840. The van der Waals surface area contributed by atoms with Crippen LogP contribution in [0.2, 0.25) is 0 Å². The maximum absolute atomic E-state index is 12.8. The number of aryl methyl sites for hydroxylation is 1. The van der Waals surface area contributed by atoms with E-state index in [1.54, 1.807) is 16.4 Å². The molecule has 1 aromatic carbocycles. The number of fused-ring (bicyclic) bond motifs is 2. The molecule has 4 nitrogen and oxygen atoms in total. The SMILES string of the molecule is Cc1ccc(S(=O)(=O)N2[C@@H]3CCC[C@H]2CC(=O)C3)cc1. The number of nitrogens with zero attached hydrogens (tertiary/aromatic N) is 1. The first-order valence-electron chi connectivity index (χ1n) is 7.10. The van der Waals surface area contributed by atoms with Crippen molar-refractivity contribution in [2.45, 2.75) is 56.0 Å². The topological polar surface area (TPSA) is 54.5 Å². The first kappa shape index (κ1) is 13.8. The molecule has 0 spiro atoms. The molecule has 0 saturated carbocycles. The summed E-state index contributed by atoms with van der Waals surface area (Å²) in [6, 6.07) is 6.69. The van der Waals surface area contributed by atoms with Crippen LogP contribution in [0.5, 0.6) is 0 Å². The van der Waals surface area contributed by atoms with Gasteiger partial charge in [-0.25, -0.2) is 8.42 Å². The highest BCUT2D eigenvalue weighted by atomic mass is 32.2. The van der Waals surface area contributed by atoms with Gasteiger partial charge in [-0.2, -0.15) is 4.31 Å². The number of hydrogen-bond donors (Lipinski definition) is 0. The van der Waals surface area contributed by atoms with E-state index in [0.29, 0.717) is 17.7 Å². The summed E-state index contributed by atoms with van der Waals surface area (Å²) in [5.41, 5.74) is 1.04. The molecule has 2 bridgehead atoms. The fourth-order valence-corrected chi connectivity index (χ4v) is 5.23. The Kier molecular flexibility index (Phi) is 3.42. The number of piperidine rings is 2. The van der Waals surface area contributed by atoms with Crippen molar-refractivity contribution in [3.8, 4) is 0 Å². The Hall–Kier alpha value is -1.20. The van der Waals surface area contributed by atoms with Gasteiger partial charge in [0.2, 0.25) is 10.0 Å². The molecular formula is C15H19NO3S. The lowest BCUT2D eigenvalue weighted by atomic mass is 9.86. The van der Waals surface area contributed by atoms with Gasteiger partial charge in [0, 0.05) is 24.9 Å². The van der Waals surface area contributed by atoms with Crippen LogP contribution < -0.4 is 0 Å². The summed E-state index contributed by atoms with van der Waals surface area (Å²) < 4.78 is 27.3. The zero-order valence-corrected chi connectivity index (χ0v) is 12.4. The lowest BCUT2D eigenvalue weighted by Gasteiger charge is -2.44. The van der Waals surface area contributed by atoms with E-state index in [2.05, 4.69) is 0 Å². The van der Waals surface area contributed by atoms with Crippen molar-refractivity contribution in [1.29, 1.82) is 0 Å². The highest BCUT2D eigenvalue weighted by Gasteiger charge is 2.44. The van der Waals surface area contributed by atoms with E-state index >= 15 is 0 Å². The molecule has 0 aliphatic carbocycles. The van der Waals surface area contributed by atoms with E-state index in [4.69, 9.17) is 0 Å². The van der Waals surface area contributed by atoms with Gasteiger partial charge in [0.15, 0.2) is 0 Å². The van der Waals surface area contributed by atoms with Crippen LogP contribution in [0.15, 0.2) is 29.2 Å². The third-order valence-electron chi connectivity index (χ3n) is 4.32. The Morgan fingerprint density at radius 2 is 1.60 bits per heavy atom. The molecule has 2 atom stereocenters. The van der Waals surface area contributed by atoms with Crippen molar-refractivity contribution < 1.29 is 13.2 Å². The van der Waals surface area contributed by atoms with Crippen molar-refractivity contribution in [3.05, 3.63) is 29.8 Å². The van der Waals surface area contributed by atoms with Crippen LogP contribution in [0.4, 0.5) is 0 Å². The van der Waals surface area contributed by atoms with Gasteiger partial charge in [-0.1, -0.05) is 24.1 Å². The minimum absolute atomic E-state index is 0.138. The number of rotatable bonds is 2. The van der Waals surface area contributed by atoms with Gasteiger partial charge >= 0.3 is 0 Å². The van der Waals surface area contributed by atoms with Gasteiger partial charge in [-0.15, -0.1) is 0 Å². The van der Waals surface area contributed by atoms with Gasteiger partial charge in [0.25, 0.3) is 0 Å². The molecule has 2 fully saturated rings. The van der Waals surface area contributed by atoms with Crippen LogP contribution >= 0.6 is 0 Å². The summed E-state index contributed by atoms with van der Waals surface area (Å²) in [7, 11) is -3.48. The Bertz CT molecular complexity index is 605. The number of benzene rings is 1. The minimum Gasteiger partial charge on any atom is -0.300 e. The van der Waals surface area contributed by atoms with Crippen molar-refractivity contribution in [2.24, 2.45) is 0 Å². The molecule has 2 heterocycles. The predicted molar refractivity (Wildman–Crippen MR) is 75.9 cm³/mol. The fourth-order valence-electron chi connectivity index (χ4n) is 3.36. The molecular weight excluding hydrogens is 274 g/mol. The number of carbonyl (C=O) groups excluding carboxylic acids is 1. The molecule has 0 N–H and O–H groups in total. The van der Waals surface area contributed by atoms with Crippen LogP contribution in [-0.2, 0) is 14.8 Å². The predicted octanol–water partition coefficient (Wildman–Crippen LogP) is 2.27. The van der Waals surface area contributed by atoms with Crippen LogP contribution in [0.3, 0.4) is 0 Å². The second-order valence-electron chi connectivity index (χ2n) is 5.83. The maximum Gasteiger partial charge on any atom is 0.243 e. The summed E-state index contributed by atoms with van der Waals surface area (Å²) in [4.78, 5) is 12.1. The van der Waals surface area contributed by atoms with Crippen LogP contribution in [0.25, 0.3) is 0 Å². The first-order chi connectivity index (χ1) is 9.48. The van der Waals surface area contributed by atoms with Gasteiger partial charge in [-0.3, -0.25) is 4.79 Å². The average molecular weight is 293 g/mol. The summed E-state index contributed by atoms with van der Waals surface area (Å²) in [6.45, 7) is 1.94. The molecule has 2 saturated heterocycles. The van der Waals surface area contributed by atoms with Gasteiger partial charge in [0.05, 0.1) is 4.90 Å². The number of carbonyl (C=O) groups is 1. The molecule has 0 aromatic heterocycles. The molecule has 108 valence electrons. The number of hydrogen-bond acceptors (Lipinski definition) is 3. The van der Waals surface area contributed by atoms with Crippen LogP contribution in [0, 0.1) is 6.92 Å². The summed E-state index contributed by atoms with van der Waals surface area (Å²) in [5.74, 6) is 0.204. The molecule has 0 amide bonds. The lowest BCUT2D eigenvalue weighted by Crippen LogP contribution is -2.54. The maximum atomic E-state index is 12.8. The fraction of sp³-hybridized carbons (Fsp3) is 0.533. The summed E-state index contributed by atoms with van der Waals surface area (Å²) in [6.07, 6.45) is 3.37. The number of Topliss-reactive ketones (excluding diaryl/α,β-unsaturated/α-hetero) is 1. The third kappa shape index (κ3) is 2.29. The standard InChI is InChI=1S/C15H19NO3S/c1-11-5-7-15(8-6-11)20(18,19)16-12-3-2-4-13(16)10-14(17)9-12/h5-8,12-13H,2-4,9-10H2,1H3/t12-,13+. The number of ketones is 1. The average Bonchev–Trinajstić information content (AvgIpc) is 2.37. The van der Waals surface area contributed by atoms with Crippen molar-refractivity contribution >= 4 is 15.8 Å². The van der Waals surface area contributed by atoms with E-state index < -0.39 is 10.0 Å². The molecule has 0 unspecified atom stereocenters. The summed E-state index contributed by atoms with van der Waals surface area (Å²) >= 11 is 0. The van der Waals surface area contributed by atoms with Crippen LogP contribution in [0.1, 0.15) is 37.7 Å². The zero-order chi connectivity index (χ0) is 14.3. The van der Waals surface area contributed by atoms with Gasteiger partial charge in [0.1, 0.15) is 5.78 Å². The van der Waals surface area contributed by atoms with Crippen molar-refractivity contribution in [2.75, 3.05) is 0 Å². The highest BCUT2D eigenvalue weighted by molar-refractivity contribution is 7.89. The minimum atomic E-state index is -3.48. The van der Waals surface area contributed by atoms with Crippen molar-refractivity contribution in [3.63, 3.8) is 0 Å². The van der Waals surface area contributed by atoms with Crippen molar-refractivity contribution in [1.82, 2.24) is 4.31 Å². The summed E-state index contributed by atoms with van der Waals surface area (Å²) in [5, 5.41) is 0. The van der Waals surface area contributed by atoms with E-state index in [0.717, 1.165) is 24.8 Å². The van der Waals surface area contributed by atoms with Crippen LogP contribution in [-0.4, -0.2) is 30.6 Å². The molecule has 2 aliphatic rings. The van der Waals surface area contributed by atoms with Gasteiger partial charge in [-0.05, 0) is 31.9 Å². The molecule has 5 heteroatoms. The Morgan fingerprint density at radius 1 is 1.05 bits per heavy atom.